The number of hydrogen-bond acceptors (Lipinski definition) is 1. The maximum Gasteiger partial charge on any atom is 0.211 e. The first-order chi connectivity index (χ1) is 5.61. The van der Waals surface area contributed by atoms with E-state index in [1.54, 1.807) is 6.92 Å². The molecule has 0 saturated heterocycles. The molecule has 1 amide bonds. The van der Waals surface area contributed by atoms with E-state index in [1.165, 1.54) is 6.08 Å². The second-order valence-electron chi connectivity index (χ2n) is 1.99. The summed E-state index contributed by atoms with van der Waals surface area (Å²) in [5, 5.41) is 2.23. The molecule has 0 aromatic carbocycles. The lowest BCUT2D eigenvalue weighted by molar-refractivity contribution is -0.108. The van der Waals surface area contributed by atoms with Gasteiger partial charge in [0.15, 0.2) is 0 Å². The molecular formula is C8H9ClFNO. The monoisotopic (exact) mass is 189 g/mol. The maximum absolute atomic E-state index is 12.6. The molecule has 12 heavy (non-hydrogen) atoms. The highest BCUT2D eigenvalue weighted by molar-refractivity contribution is 6.31. The Kier molecular flexibility index (Phi) is 5.04. The zero-order valence-corrected chi connectivity index (χ0v) is 7.36. The van der Waals surface area contributed by atoms with Gasteiger partial charge in [0, 0.05) is 5.70 Å². The van der Waals surface area contributed by atoms with E-state index < -0.39 is 5.83 Å². The van der Waals surface area contributed by atoms with Crippen molar-refractivity contribution in [3.05, 3.63) is 35.3 Å². The van der Waals surface area contributed by atoms with E-state index in [4.69, 9.17) is 11.6 Å². The van der Waals surface area contributed by atoms with Crippen LogP contribution in [0.25, 0.3) is 0 Å². The summed E-state index contributed by atoms with van der Waals surface area (Å²) in [4.78, 5) is 9.91. The SMILES string of the molecule is C=C/C(F)=C(Cl)\C=C(/C)NC=O. The zero-order chi connectivity index (χ0) is 9.56. The Morgan fingerprint density at radius 2 is 2.25 bits per heavy atom. The molecule has 0 saturated carbocycles. The van der Waals surface area contributed by atoms with Gasteiger partial charge < -0.3 is 5.32 Å². The average Bonchev–Trinajstić information content (AvgIpc) is 2.03. The molecule has 2 nitrogen and oxygen atoms in total. The van der Waals surface area contributed by atoms with Gasteiger partial charge in [-0.05, 0) is 19.1 Å². The van der Waals surface area contributed by atoms with Gasteiger partial charge in [0.1, 0.15) is 5.83 Å². The fraction of sp³-hybridized carbons (Fsp3) is 0.125. The number of nitrogens with one attached hydrogen (secondary N) is 1. The lowest BCUT2D eigenvalue weighted by atomic mass is 10.3. The summed E-state index contributed by atoms with van der Waals surface area (Å²) in [5.41, 5.74) is 0.465. The number of hydrogen-bond donors (Lipinski definition) is 1. The van der Waals surface area contributed by atoms with Crippen LogP contribution in [-0.2, 0) is 4.79 Å². The second-order valence-corrected chi connectivity index (χ2v) is 2.40. The summed E-state index contributed by atoms with van der Waals surface area (Å²) in [6.07, 6.45) is 2.78. The van der Waals surface area contributed by atoms with E-state index >= 15 is 0 Å². The van der Waals surface area contributed by atoms with E-state index in [0.717, 1.165) is 6.08 Å². The Morgan fingerprint density at radius 3 is 2.67 bits per heavy atom. The molecule has 0 aromatic heterocycles. The van der Waals surface area contributed by atoms with Crippen molar-refractivity contribution >= 4 is 18.0 Å². The Labute approximate surface area is 75.4 Å². The molecule has 0 radical (unpaired) electrons. The minimum Gasteiger partial charge on any atom is -0.333 e. The van der Waals surface area contributed by atoms with Gasteiger partial charge in [-0.1, -0.05) is 18.2 Å². The Bertz CT molecular complexity index is 245. The molecule has 0 fully saturated rings. The molecule has 0 aliphatic heterocycles. The number of amides is 1. The van der Waals surface area contributed by atoms with Gasteiger partial charge in [-0.15, -0.1) is 0 Å². The number of carbonyl (C=O) groups is 1. The largest absolute Gasteiger partial charge is 0.333 e. The van der Waals surface area contributed by atoms with Crippen LogP contribution in [0, 0.1) is 0 Å². The van der Waals surface area contributed by atoms with Gasteiger partial charge in [-0.25, -0.2) is 4.39 Å². The quantitative estimate of drug-likeness (QED) is 0.534. The van der Waals surface area contributed by atoms with Crippen LogP contribution in [0.2, 0.25) is 0 Å². The number of carbonyl (C=O) groups excluding carboxylic acids is 1. The summed E-state index contributed by atoms with van der Waals surface area (Å²) in [5.74, 6) is -0.622. The summed E-state index contributed by atoms with van der Waals surface area (Å²) in [7, 11) is 0. The van der Waals surface area contributed by atoms with E-state index in [2.05, 4.69) is 11.9 Å². The predicted molar refractivity (Wildman–Crippen MR) is 47.1 cm³/mol. The molecule has 1 N–H and O–H groups in total. The molecule has 4 heteroatoms. The van der Waals surface area contributed by atoms with E-state index in [-0.39, 0.29) is 5.03 Å². The third-order valence-corrected chi connectivity index (χ3v) is 1.33. The Morgan fingerprint density at radius 1 is 1.67 bits per heavy atom. The van der Waals surface area contributed by atoms with Crippen molar-refractivity contribution < 1.29 is 9.18 Å². The van der Waals surface area contributed by atoms with Gasteiger partial charge >= 0.3 is 0 Å². The van der Waals surface area contributed by atoms with Gasteiger partial charge in [0.2, 0.25) is 6.41 Å². The Balaban J connectivity index is 4.51. The molecule has 0 unspecified atom stereocenters. The van der Waals surface area contributed by atoms with Crippen LogP contribution in [0.1, 0.15) is 6.92 Å². The first-order valence-corrected chi connectivity index (χ1v) is 3.55. The van der Waals surface area contributed by atoms with Crippen LogP contribution in [0.4, 0.5) is 4.39 Å². The van der Waals surface area contributed by atoms with Crippen molar-refractivity contribution in [2.45, 2.75) is 6.92 Å². The number of rotatable bonds is 4. The third kappa shape index (κ3) is 3.93. The molecule has 0 atom stereocenters. The van der Waals surface area contributed by atoms with Gasteiger partial charge in [-0.2, -0.15) is 0 Å². The number of allylic oxidation sites excluding steroid dienone is 5. The molecule has 0 aliphatic rings. The lowest BCUT2D eigenvalue weighted by Gasteiger charge is -1.96. The molecule has 0 aromatic rings. The van der Waals surface area contributed by atoms with Crippen LogP contribution in [0.15, 0.2) is 35.3 Å². The lowest BCUT2D eigenvalue weighted by Crippen LogP contribution is -2.06. The minimum atomic E-state index is -0.622. The second kappa shape index (κ2) is 5.55. The third-order valence-electron chi connectivity index (χ3n) is 1.04. The predicted octanol–water partition coefficient (Wildman–Crippen LogP) is 2.24. The first kappa shape index (κ1) is 10.9. The first-order valence-electron chi connectivity index (χ1n) is 3.18. The topological polar surface area (TPSA) is 29.1 Å². The van der Waals surface area contributed by atoms with Crippen LogP contribution in [0.3, 0.4) is 0 Å². The van der Waals surface area contributed by atoms with E-state index in [9.17, 15) is 9.18 Å². The molecule has 0 heterocycles. The normalized spacial score (nSPS) is 13.4. The van der Waals surface area contributed by atoms with Crippen LogP contribution < -0.4 is 5.32 Å². The van der Waals surface area contributed by atoms with E-state index in [1.807, 2.05) is 0 Å². The van der Waals surface area contributed by atoms with Crippen molar-refractivity contribution in [2.75, 3.05) is 0 Å². The van der Waals surface area contributed by atoms with Crippen molar-refractivity contribution in [3.8, 4) is 0 Å². The molecule has 66 valence electrons. The molecular weight excluding hydrogens is 181 g/mol. The van der Waals surface area contributed by atoms with Crippen LogP contribution >= 0.6 is 11.6 Å². The molecule has 0 rings (SSSR count). The molecule has 0 bridgehead atoms. The summed E-state index contributed by atoms with van der Waals surface area (Å²) in [6.45, 7) is 4.79. The standard InChI is InChI=1S/C8H9ClFNO/c1-3-8(10)7(9)4-6(2)11-5-12/h3-5H,1H2,2H3,(H,11,12)/b6-4+,8-7-. The fourth-order valence-electron chi connectivity index (χ4n) is 0.491. The maximum atomic E-state index is 12.6. The van der Waals surface area contributed by atoms with Crippen LogP contribution in [-0.4, -0.2) is 6.41 Å². The highest BCUT2D eigenvalue weighted by Gasteiger charge is 1.96. The van der Waals surface area contributed by atoms with Gasteiger partial charge in [-0.3, -0.25) is 4.79 Å². The van der Waals surface area contributed by atoms with E-state index in [0.29, 0.717) is 12.1 Å². The highest BCUT2D eigenvalue weighted by atomic mass is 35.5. The number of halogens is 2. The summed E-state index contributed by atoms with van der Waals surface area (Å²) >= 11 is 5.46. The highest BCUT2D eigenvalue weighted by Crippen LogP contribution is 2.14. The summed E-state index contributed by atoms with van der Waals surface area (Å²) in [6, 6.07) is 0. The summed E-state index contributed by atoms with van der Waals surface area (Å²) < 4.78 is 12.6. The van der Waals surface area contributed by atoms with Crippen molar-refractivity contribution in [3.63, 3.8) is 0 Å². The average molecular weight is 190 g/mol. The van der Waals surface area contributed by atoms with Crippen molar-refractivity contribution in [2.24, 2.45) is 0 Å². The smallest absolute Gasteiger partial charge is 0.211 e. The van der Waals surface area contributed by atoms with Crippen molar-refractivity contribution in [1.29, 1.82) is 0 Å². The fourth-order valence-corrected chi connectivity index (χ4v) is 0.732. The van der Waals surface area contributed by atoms with Crippen molar-refractivity contribution in [1.82, 2.24) is 5.32 Å². The van der Waals surface area contributed by atoms with Gasteiger partial charge in [0.05, 0.1) is 5.03 Å². The minimum absolute atomic E-state index is 0.0862. The zero-order valence-electron chi connectivity index (χ0n) is 6.60. The van der Waals surface area contributed by atoms with Gasteiger partial charge in [0.25, 0.3) is 0 Å². The molecule has 0 spiro atoms. The van der Waals surface area contributed by atoms with Crippen LogP contribution in [0.5, 0.6) is 0 Å². The Hall–Kier alpha value is -1.09. The molecule has 0 aliphatic carbocycles.